The van der Waals surface area contributed by atoms with Gasteiger partial charge in [0.15, 0.2) is 0 Å². The second-order valence-corrected chi connectivity index (χ2v) is 5.94. The fourth-order valence-corrected chi connectivity index (χ4v) is 2.98. The maximum atomic E-state index is 13.9. The van der Waals surface area contributed by atoms with Gasteiger partial charge in [-0.05, 0) is 40.2 Å². The molecule has 1 aromatic heterocycles. The van der Waals surface area contributed by atoms with Crippen molar-refractivity contribution in [2.45, 2.75) is 0 Å². The molecule has 1 amide bonds. The molecule has 7 heteroatoms. The number of para-hydroxylation sites is 1. The van der Waals surface area contributed by atoms with Gasteiger partial charge in [-0.2, -0.15) is 5.10 Å². The van der Waals surface area contributed by atoms with E-state index in [-0.39, 0.29) is 5.69 Å². The number of anilines is 2. The number of halogens is 2. The Morgan fingerprint density at radius 1 is 1.25 bits per heavy atom. The molecule has 0 bridgehead atoms. The van der Waals surface area contributed by atoms with E-state index in [4.69, 9.17) is 0 Å². The minimum absolute atomic E-state index is 0.152. The molecule has 1 N–H and O–H groups in total. The average molecular weight is 389 g/mol. The van der Waals surface area contributed by atoms with E-state index in [1.807, 2.05) is 25.2 Å². The summed E-state index contributed by atoms with van der Waals surface area (Å²) in [5, 5.41) is 5.30. The fourth-order valence-electron chi connectivity index (χ4n) is 2.40. The third-order valence-electron chi connectivity index (χ3n) is 3.50. The van der Waals surface area contributed by atoms with Crippen molar-refractivity contribution in [1.82, 2.24) is 9.78 Å². The Hall–Kier alpha value is -2.67. The number of benzene rings is 2. The van der Waals surface area contributed by atoms with Crippen LogP contribution in [0, 0.1) is 5.82 Å². The van der Waals surface area contributed by atoms with E-state index in [9.17, 15) is 9.18 Å². The first-order chi connectivity index (χ1) is 11.6. The minimum Gasteiger partial charge on any atom is -0.291 e. The van der Waals surface area contributed by atoms with E-state index in [1.54, 1.807) is 29.1 Å². The predicted octanol–water partition coefficient (Wildman–Crippen LogP) is 3.98. The van der Waals surface area contributed by atoms with Crippen molar-refractivity contribution in [3.8, 4) is 11.3 Å². The van der Waals surface area contributed by atoms with Crippen LogP contribution in [0.1, 0.15) is 0 Å². The van der Waals surface area contributed by atoms with Gasteiger partial charge < -0.3 is 0 Å². The number of carbonyl (C=O) groups is 1. The Morgan fingerprint density at radius 2 is 2.04 bits per heavy atom. The second-order valence-electron chi connectivity index (χ2n) is 5.08. The summed E-state index contributed by atoms with van der Waals surface area (Å²) in [6.07, 6.45) is 2.25. The summed E-state index contributed by atoms with van der Waals surface area (Å²) in [5.74, 6) is -0.484. The van der Waals surface area contributed by atoms with Gasteiger partial charge in [-0.3, -0.25) is 14.9 Å². The lowest BCUT2D eigenvalue weighted by atomic mass is 10.1. The van der Waals surface area contributed by atoms with E-state index in [0.29, 0.717) is 12.1 Å². The molecule has 0 saturated heterocycles. The molecule has 122 valence electrons. The molecule has 0 saturated carbocycles. The highest BCUT2D eigenvalue weighted by molar-refractivity contribution is 9.10. The molecule has 0 radical (unpaired) electrons. The standard InChI is InChI=1S/C17H14BrFN4O/c1-22-17(14(18)10-20-22)12-5-4-6-13(9-12)21-23(11-24)16-8-3-2-7-15(16)19/h2-11,21H,1H3. The summed E-state index contributed by atoms with van der Waals surface area (Å²) in [6.45, 7) is 0. The molecular formula is C17H14BrFN4O. The Balaban J connectivity index is 1.92. The maximum absolute atomic E-state index is 13.9. The second kappa shape index (κ2) is 6.84. The molecule has 0 atom stereocenters. The lowest BCUT2D eigenvalue weighted by Gasteiger charge is -2.20. The normalized spacial score (nSPS) is 10.5. The van der Waals surface area contributed by atoms with Crippen LogP contribution in [-0.2, 0) is 11.8 Å². The van der Waals surface area contributed by atoms with Gasteiger partial charge in [-0.1, -0.05) is 24.3 Å². The third-order valence-corrected chi connectivity index (χ3v) is 4.08. The first kappa shape index (κ1) is 16.2. The number of amides is 1. The zero-order chi connectivity index (χ0) is 17.1. The highest BCUT2D eigenvalue weighted by atomic mass is 79.9. The third kappa shape index (κ3) is 3.16. The molecular weight excluding hydrogens is 375 g/mol. The summed E-state index contributed by atoms with van der Waals surface area (Å²) < 4.78 is 16.5. The smallest absolute Gasteiger partial charge is 0.232 e. The molecule has 2 aromatic carbocycles. The Bertz CT molecular complexity index is 861. The van der Waals surface area contributed by atoms with Crippen molar-refractivity contribution in [3.63, 3.8) is 0 Å². The summed E-state index contributed by atoms with van der Waals surface area (Å²) in [4.78, 5) is 11.4. The number of nitrogens with zero attached hydrogens (tertiary/aromatic N) is 3. The van der Waals surface area contributed by atoms with Crippen molar-refractivity contribution in [3.05, 3.63) is 65.0 Å². The Kier molecular flexibility index (Phi) is 4.61. The molecule has 1 heterocycles. The molecule has 3 rings (SSSR count). The summed E-state index contributed by atoms with van der Waals surface area (Å²) >= 11 is 3.47. The summed E-state index contributed by atoms with van der Waals surface area (Å²) in [5.41, 5.74) is 5.52. The Labute approximate surface area is 146 Å². The number of hydrogen-bond acceptors (Lipinski definition) is 3. The van der Waals surface area contributed by atoms with E-state index < -0.39 is 5.82 Å². The molecule has 0 fully saturated rings. The van der Waals surface area contributed by atoms with Gasteiger partial charge in [0.1, 0.15) is 11.5 Å². The highest BCUT2D eigenvalue weighted by Gasteiger charge is 2.12. The number of aromatic nitrogens is 2. The zero-order valence-electron chi connectivity index (χ0n) is 12.8. The average Bonchev–Trinajstić information content (AvgIpc) is 2.92. The van der Waals surface area contributed by atoms with E-state index in [2.05, 4.69) is 26.5 Å². The quantitative estimate of drug-likeness (QED) is 0.531. The minimum atomic E-state index is -0.484. The molecule has 24 heavy (non-hydrogen) atoms. The number of nitrogens with one attached hydrogen (secondary N) is 1. The van der Waals surface area contributed by atoms with Gasteiger partial charge in [0.05, 0.1) is 22.1 Å². The van der Waals surface area contributed by atoms with Gasteiger partial charge in [0, 0.05) is 12.6 Å². The number of carbonyl (C=O) groups excluding carboxylic acids is 1. The maximum Gasteiger partial charge on any atom is 0.232 e. The molecule has 0 aliphatic rings. The molecule has 0 spiro atoms. The number of aryl methyl sites for hydroxylation is 1. The van der Waals surface area contributed by atoms with Crippen molar-refractivity contribution in [2.24, 2.45) is 7.05 Å². The van der Waals surface area contributed by atoms with Gasteiger partial charge >= 0.3 is 0 Å². The van der Waals surface area contributed by atoms with Crippen LogP contribution < -0.4 is 10.4 Å². The van der Waals surface area contributed by atoms with Crippen molar-refractivity contribution >= 4 is 33.7 Å². The summed E-state index contributed by atoms with van der Waals surface area (Å²) in [6, 6.07) is 13.5. The lowest BCUT2D eigenvalue weighted by Crippen LogP contribution is -2.28. The van der Waals surface area contributed by atoms with Gasteiger partial charge in [0.2, 0.25) is 6.41 Å². The van der Waals surface area contributed by atoms with Crippen LogP contribution in [0.15, 0.2) is 59.2 Å². The topological polar surface area (TPSA) is 50.2 Å². The van der Waals surface area contributed by atoms with Gasteiger partial charge in [0.25, 0.3) is 0 Å². The number of hydrazine groups is 1. The van der Waals surface area contributed by atoms with Crippen molar-refractivity contribution in [1.29, 1.82) is 0 Å². The van der Waals surface area contributed by atoms with E-state index >= 15 is 0 Å². The molecule has 0 aliphatic heterocycles. The van der Waals surface area contributed by atoms with Crippen LogP contribution in [0.25, 0.3) is 11.3 Å². The SMILES string of the molecule is Cn1ncc(Br)c1-c1cccc(NN(C=O)c2ccccc2F)c1. The van der Waals surface area contributed by atoms with E-state index in [0.717, 1.165) is 20.7 Å². The number of rotatable bonds is 5. The first-order valence-electron chi connectivity index (χ1n) is 7.14. The Morgan fingerprint density at radius 3 is 2.71 bits per heavy atom. The van der Waals surface area contributed by atoms with Crippen LogP contribution in [0.5, 0.6) is 0 Å². The van der Waals surface area contributed by atoms with E-state index in [1.165, 1.54) is 12.1 Å². The van der Waals surface area contributed by atoms with Crippen LogP contribution in [0.2, 0.25) is 0 Å². The molecule has 5 nitrogen and oxygen atoms in total. The largest absolute Gasteiger partial charge is 0.291 e. The monoisotopic (exact) mass is 388 g/mol. The fraction of sp³-hybridized carbons (Fsp3) is 0.0588. The molecule has 3 aromatic rings. The van der Waals surface area contributed by atoms with Crippen LogP contribution >= 0.6 is 15.9 Å². The molecule has 0 unspecified atom stereocenters. The van der Waals surface area contributed by atoms with Crippen LogP contribution in [-0.4, -0.2) is 16.2 Å². The predicted molar refractivity (Wildman–Crippen MR) is 94.9 cm³/mol. The lowest BCUT2D eigenvalue weighted by molar-refractivity contribution is -0.107. The number of hydrogen-bond donors (Lipinski definition) is 1. The van der Waals surface area contributed by atoms with Gasteiger partial charge in [-0.25, -0.2) is 9.40 Å². The van der Waals surface area contributed by atoms with Crippen molar-refractivity contribution in [2.75, 3.05) is 10.4 Å². The first-order valence-corrected chi connectivity index (χ1v) is 7.93. The van der Waals surface area contributed by atoms with Crippen LogP contribution in [0.4, 0.5) is 15.8 Å². The highest BCUT2D eigenvalue weighted by Crippen LogP contribution is 2.29. The molecule has 0 aliphatic carbocycles. The van der Waals surface area contributed by atoms with Crippen molar-refractivity contribution < 1.29 is 9.18 Å². The van der Waals surface area contributed by atoms with Crippen LogP contribution in [0.3, 0.4) is 0 Å². The summed E-state index contributed by atoms with van der Waals surface area (Å²) in [7, 11) is 1.84. The zero-order valence-corrected chi connectivity index (χ0v) is 14.4. The van der Waals surface area contributed by atoms with Gasteiger partial charge in [-0.15, -0.1) is 0 Å².